The van der Waals surface area contributed by atoms with Crippen molar-refractivity contribution < 1.29 is 14.7 Å². The van der Waals surface area contributed by atoms with E-state index in [0.717, 1.165) is 0 Å². The molecule has 14 heavy (non-hydrogen) atoms. The molecule has 0 saturated carbocycles. The van der Waals surface area contributed by atoms with Gasteiger partial charge in [-0.15, -0.1) is 11.6 Å². The summed E-state index contributed by atoms with van der Waals surface area (Å²) in [5.41, 5.74) is 0. The van der Waals surface area contributed by atoms with E-state index in [4.69, 9.17) is 11.6 Å². The molecular formula is C8H13ClN2O3. The fourth-order valence-electron chi connectivity index (χ4n) is 1.37. The summed E-state index contributed by atoms with van der Waals surface area (Å²) in [6, 6.07) is 0. The molecule has 0 aromatic heterocycles. The molecule has 0 bridgehead atoms. The predicted molar refractivity (Wildman–Crippen MR) is 50.9 cm³/mol. The van der Waals surface area contributed by atoms with Crippen molar-refractivity contribution in [3.63, 3.8) is 0 Å². The molecule has 0 aromatic carbocycles. The van der Waals surface area contributed by atoms with Crippen LogP contribution in [0.5, 0.6) is 0 Å². The first kappa shape index (κ1) is 11.3. The van der Waals surface area contributed by atoms with Crippen molar-refractivity contribution in [2.75, 3.05) is 19.0 Å². The zero-order valence-corrected chi connectivity index (χ0v) is 8.38. The largest absolute Gasteiger partial charge is 0.392 e. The highest BCUT2D eigenvalue weighted by Crippen LogP contribution is 2.12. The number of hydrogen-bond acceptors (Lipinski definition) is 3. The van der Waals surface area contributed by atoms with Crippen LogP contribution in [0.1, 0.15) is 6.42 Å². The van der Waals surface area contributed by atoms with Crippen LogP contribution in [0, 0.1) is 5.92 Å². The number of alkyl halides is 1. The molecule has 1 aliphatic rings. The van der Waals surface area contributed by atoms with Gasteiger partial charge in [-0.25, -0.2) is 0 Å². The molecule has 5 nitrogen and oxygen atoms in total. The lowest BCUT2D eigenvalue weighted by molar-refractivity contribution is -0.142. The van der Waals surface area contributed by atoms with Crippen LogP contribution in [0.15, 0.2) is 0 Å². The third-order valence-electron chi connectivity index (χ3n) is 2.08. The molecule has 0 aromatic rings. The lowest BCUT2D eigenvalue weighted by Gasteiger charge is -2.26. The highest BCUT2D eigenvalue weighted by molar-refractivity contribution is 6.18. The van der Waals surface area contributed by atoms with E-state index in [0.29, 0.717) is 19.5 Å². The third kappa shape index (κ3) is 2.59. The number of carbonyl (C=O) groups is 2. The van der Waals surface area contributed by atoms with Crippen molar-refractivity contribution in [3.8, 4) is 0 Å². The quantitative estimate of drug-likeness (QED) is 0.415. The Morgan fingerprint density at radius 3 is 3.00 bits per heavy atom. The monoisotopic (exact) mass is 220 g/mol. The van der Waals surface area contributed by atoms with Gasteiger partial charge >= 0.3 is 0 Å². The zero-order chi connectivity index (χ0) is 10.6. The maximum absolute atomic E-state index is 11.4. The van der Waals surface area contributed by atoms with Gasteiger partial charge in [0.2, 0.25) is 11.8 Å². The number of aliphatic hydroxyl groups is 1. The maximum Gasteiger partial charge on any atom is 0.235 e. The minimum atomic E-state index is -0.994. The van der Waals surface area contributed by atoms with Crippen molar-refractivity contribution in [1.29, 1.82) is 0 Å². The molecule has 1 aliphatic heterocycles. The molecule has 80 valence electrons. The van der Waals surface area contributed by atoms with E-state index in [1.165, 1.54) is 0 Å². The van der Waals surface area contributed by atoms with Crippen LogP contribution in [-0.2, 0) is 9.59 Å². The van der Waals surface area contributed by atoms with Crippen molar-refractivity contribution in [3.05, 3.63) is 0 Å². The third-order valence-corrected chi connectivity index (χ3v) is 2.27. The molecule has 1 rings (SSSR count). The zero-order valence-electron chi connectivity index (χ0n) is 7.62. The smallest absolute Gasteiger partial charge is 0.235 e. The molecule has 3 N–H and O–H groups in total. The second-order valence-corrected chi connectivity index (χ2v) is 3.48. The molecule has 0 radical (unpaired) electrons. The van der Waals surface area contributed by atoms with Crippen LogP contribution in [-0.4, -0.2) is 42.0 Å². The molecule has 1 heterocycles. The lowest BCUT2D eigenvalue weighted by Crippen LogP contribution is -2.52. The highest BCUT2D eigenvalue weighted by Gasteiger charge is 2.36. The number of rotatable bonds is 3. The normalized spacial score (nSPS) is 26.9. The lowest BCUT2D eigenvalue weighted by atomic mass is 9.94. The summed E-state index contributed by atoms with van der Waals surface area (Å²) < 4.78 is 0. The van der Waals surface area contributed by atoms with Crippen molar-refractivity contribution in [1.82, 2.24) is 10.6 Å². The number of hydrogen-bond donors (Lipinski definition) is 3. The van der Waals surface area contributed by atoms with Crippen LogP contribution >= 0.6 is 11.6 Å². The number of piperidine rings is 1. The van der Waals surface area contributed by atoms with Gasteiger partial charge in [0, 0.05) is 19.0 Å². The Hall–Kier alpha value is -0.810. The first-order valence-corrected chi connectivity index (χ1v) is 4.99. The van der Waals surface area contributed by atoms with Gasteiger partial charge in [-0.2, -0.15) is 0 Å². The molecule has 0 aliphatic carbocycles. The number of halogens is 1. The Bertz CT molecular complexity index is 235. The number of aliphatic hydroxyl groups excluding tert-OH is 1. The van der Waals surface area contributed by atoms with Crippen LogP contribution in [0.25, 0.3) is 0 Å². The van der Waals surface area contributed by atoms with E-state index >= 15 is 0 Å². The van der Waals surface area contributed by atoms with Crippen LogP contribution in [0.2, 0.25) is 0 Å². The summed E-state index contributed by atoms with van der Waals surface area (Å²) in [6.07, 6.45) is -0.482. The van der Waals surface area contributed by atoms with Crippen molar-refractivity contribution >= 4 is 23.4 Å². The van der Waals surface area contributed by atoms with E-state index in [-0.39, 0.29) is 5.88 Å². The fourth-order valence-corrected chi connectivity index (χ4v) is 1.46. The first-order chi connectivity index (χ1) is 6.66. The molecular weight excluding hydrogens is 208 g/mol. The Balaban J connectivity index is 2.54. The average molecular weight is 221 g/mol. The standard InChI is InChI=1S/C8H13ClN2O3/c9-2-4-11-8(14)6-5(12)1-3-10-7(6)13/h5-6,12H,1-4H2,(H,10,13)(H,11,14). The minimum absolute atomic E-state index is 0.288. The van der Waals surface area contributed by atoms with Gasteiger partial charge in [0.1, 0.15) is 5.92 Å². The fraction of sp³-hybridized carbons (Fsp3) is 0.750. The van der Waals surface area contributed by atoms with Crippen LogP contribution in [0.4, 0.5) is 0 Å². The summed E-state index contributed by atoms with van der Waals surface area (Å²) in [7, 11) is 0. The molecule has 0 spiro atoms. The van der Waals surface area contributed by atoms with Crippen LogP contribution in [0.3, 0.4) is 0 Å². The van der Waals surface area contributed by atoms with E-state index in [2.05, 4.69) is 10.6 Å². The highest BCUT2D eigenvalue weighted by atomic mass is 35.5. The van der Waals surface area contributed by atoms with E-state index in [9.17, 15) is 14.7 Å². The molecule has 2 unspecified atom stereocenters. The van der Waals surface area contributed by atoms with Gasteiger partial charge in [0.25, 0.3) is 0 Å². The van der Waals surface area contributed by atoms with Gasteiger partial charge in [-0.3, -0.25) is 9.59 Å². The molecule has 2 amide bonds. The molecule has 6 heteroatoms. The van der Waals surface area contributed by atoms with Crippen molar-refractivity contribution in [2.24, 2.45) is 5.92 Å². The van der Waals surface area contributed by atoms with Gasteiger partial charge in [0.15, 0.2) is 0 Å². The Morgan fingerprint density at radius 2 is 2.43 bits per heavy atom. The maximum atomic E-state index is 11.4. The Labute approximate surface area is 86.8 Å². The second-order valence-electron chi connectivity index (χ2n) is 3.10. The van der Waals surface area contributed by atoms with Gasteiger partial charge in [-0.1, -0.05) is 0 Å². The number of carbonyl (C=O) groups excluding carboxylic acids is 2. The first-order valence-electron chi connectivity index (χ1n) is 4.46. The second kappa shape index (κ2) is 5.17. The Morgan fingerprint density at radius 1 is 1.71 bits per heavy atom. The van der Waals surface area contributed by atoms with E-state index in [1.807, 2.05) is 0 Å². The van der Waals surface area contributed by atoms with Gasteiger partial charge < -0.3 is 15.7 Å². The summed E-state index contributed by atoms with van der Waals surface area (Å²) in [5.74, 6) is -1.59. The molecule has 1 saturated heterocycles. The average Bonchev–Trinajstić information content (AvgIpc) is 2.14. The topological polar surface area (TPSA) is 78.4 Å². The Kier molecular flexibility index (Phi) is 4.16. The number of nitrogens with one attached hydrogen (secondary N) is 2. The van der Waals surface area contributed by atoms with E-state index in [1.54, 1.807) is 0 Å². The summed E-state index contributed by atoms with van der Waals surface area (Å²) in [6.45, 7) is 0.718. The molecule has 2 atom stereocenters. The number of amides is 2. The SMILES string of the molecule is O=C(NCCCl)C1C(=O)NCCC1O. The van der Waals surface area contributed by atoms with E-state index < -0.39 is 23.8 Å². The predicted octanol–water partition coefficient (Wildman–Crippen LogP) is -1.16. The van der Waals surface area contributed by atoms with Gasteiger partial charge in [0.05, 0.1) is 6.10 Å². The summed E-state index contributed by atoms with van der Waals surface area (Å²) in [4.78, 5) is 22.6. The minimum Gasteiger partial charge on any atom is -0.392 e. The summed E-state index contributed by atoms with van der Waals surface area (Å²) >= 11 is 5.38. The van der Waals surface area contributed by atoms with Crippen molar-refractivity contribution in [2.45, 2.75) is 12.5 Å². The summed E-state index contributed by atoms with van der Waals surface area (Å²) in [5, 5.41) is 14.5. The van der Waals surface area contributed by atoms with Gasteiger partial charge in [-0.05, 0) is 6.42 Å². The molecule has 1 fully saturated rings. The van der Waals surface area contributed by atoms with Crippen LogP contribution < -0.4 is 10.6 Å².